The first kappa shape index (κ1) is 32.3. The number of amides is 1. The molecular formula is C36H43F2N3O2. The van der Waals surface area contributed by atoms with Crippen LogP contribution in [0.3, 0.4) is 0 Å². The zero-order chi connectivity index (χ0) is 31.1. The predicted octanol–water partition coefficient (Wildman–Crippen LogP) is 5.71. The fraction of sp³-hybridized carbons (Fsp3) is 0.417. The molecule has 1 amide bonds. The van der Waals surface area contributed by atoms with E-state index in [1.807, 2.05) is 43.3 Å². The molecular weight excluding hydrogens is 544 g/mol. The molecule has 3 aromatic rings. The topological polar surface area (TPSA) is 64.6 Å². The summed E-state index contributed by atoms with van der Waals surface area (Å²) < 4.78 is 28.1. The van der Waals surface area contributed by atoms with Gasteiger partial charge in [0.15, 0.2) is 0 Å². The summed E-state index contributed by atoms with van der Waals surface area (Å²) in [5.74, 6) is 1.51. The molecule has 0 aliphatic heterocycles. The molecule has 1 aliphatic carbocycles. The lowest BCUT2D eigenvalue weighted by atomic mass is 9.98. The standard InChI is InChI=1S/C36H43F2N3O2/c1-6-26-8-7-9-30(17-26)36(11-12-36)39-22-34(42)33(20-27-18-31(37)21-32(38)19-27)40-35(43)29-15-25(4)14-28(16-29)23-41(5)13-10-24(2)3/h1,7-9,14-19,21,24,33-34,39,42H,10-13,20,22-23H2,2-5H3,(H,40,43). The van der Waals surface area contributed by atoms with Gasteiger partial charge in [0.1, 0.15) is 11.6 Å². The van der Waals surface area contributed by atoms with E-state index in [1.165, 1.54) is 12.1 Å². The fourth-order valence-corrected chi connectivity index (χ4v) is 5.51. The van der Waals surface area contributed by atoms with E-state index in [-0.39, 0.29) is 24.4 Å². The van der Waals surface area contributed by atoms with Crippen molar-refractivity contribution in [2.75, 3.05) is 20.1 Å². The van der Waals surface area contributed by atoms with Crippen LogP contribution in [0.1, 0.15) is 71.3 Å². The molecule has 0 aromatic heterocycles. The lowest BCUT2D eigenvalue weighted by molar-refractivity contribution is 0.0821. The third-order valence-corrected chi connectivity index (χ3v) is 8.08. The van der Waals surface area contributed by atoms with E-state index in [2.05, 4.69) is 48.4 Å². The predicted molar refractivity (Wildman–Crippen MR) is 168 cm³/mol. The first-order chi connectivity index (χ1) is 20.5. The Kier molecular flexibility index (Phi) is 10.7. The maximum absolute atomic E-state index is 14.0. The largest absolute Gasteiger partial charge is 0.390 e. The molecule has 2 atom stereocenters. The second-order valence-corrected chi connectivity index (χ2v) is 12.4. The number of hydrogen-bond donors (Lipinski definition) is 3. The van der Waals surface area contributed by atoms with Crippen molar-refractivity contribution in [1.82, 2.24) is 15.5 Å². The molecule has 3 aromatic carbocycles. The monoisotopic (exact) mass is 587 g/mol. The number of hydrogen-bond acceptors (Lipinski definition) is 4. The molecule has 0 heterocycles. The number of rotatable bonds is 14. The van der Waals surface area contributed by atoms with Gasteiger partial charge < -0.3 is 20.6 Å². The van der Waals surface area contributed by atoms with E-state index in [1.54, 1.807) is 0 Å². The maximum Gasteiger partial charge on any atom is 0.251 e. The molecule has 4 rings (SSSR count). The summed E-state index contributed by atoms with van der Waals surface area (Å²) in [4.78, 5) is 15.8. The molecule has 5 nitrogen and oxygen atoms in total. The number of aliphatic hydroxyl groups is 1. The van der Waals surface area contributed by atoms with Gasteiger partial charge in [-0.25, -0.2) is 8.78 Å². The van der Waals surface area contributed by atoms with Crippen LogP contribution < -0.4 is 10.6 Å². The van der Waals surface area contributed by atoms with Crippen LogP contribution in [0.15, 0.2) is 60.7 Å². The number of aliphatic hydroxyl groups excluding tert-OH is 1. The number of benzene rings is 3. The lowest BCUT2D eigenvalue weighted by Gasteiger charge is -2.27. The highest BCUT2D eigenvalue weighted by atomic mass is 19.1. The summed E-state index contributed by atoms with van der Waals surface area (Å²) in [7, 11) is 2.07. The zero-order valence-corrected chi connectivity index (χ0v) is 25.6. The molecule has 7 heteroatoms. The van der Waals surface area contributed by atoms with E-state index in [0.29, 0.717) is 23.6 Å². The minimum atomic E-state index is -1.03. The Balaban J connectivity index is 1.51. The Morgan fingerprint density at radius 3 is 2.44 bits per heavy atom. The average molecular weight is 588 g/mol. The first-order valence-electron chi connectivity index (χ1n) is 15.0. The number of nitrogens with one attached hydrogen (secondary N) is 2. The van der Waals surface area contributed by atoms with E-state index in [0.717, 1.165) is 54.1 Å². The van der Waals surface area contributed by atoms with Crippen LogP contribution in [-0.4, -0.2) is 48.2 Å². The zero-order valence-electron chi connectivity index (χ0n) is 25.6. The first-order valence-corrected chi connectivity index (χ1v) is 15.0. The van der Waals surface area contributed by atoms with Crippen molar-refractivity contribution in [2.24, 2.45) is 5.92 Å². The highest BCUT2D eigenvalue weighted by Crippen LogP contribution is 2.45. The minimum Gasteiger partial charge on any atom is -0.390 e. The van der Waals surface area contributed by atoms with Crippen molar-refractivity contribution in [2.45, 2.75) is 70.7 Å². The number of halogens is 2. The van der Waals surface area contributed by atoms with E-state index < -0.39 is 23.8 Å². The SMILES string of the molecule is C#Cc1cccc(C2(NCC(O)C(Cc3cc(F)cc(F)c3)NC(=O)c3cc(C)cc(CN(C)CCC(C)C)c3)CC2)c1. The molecule has 0 spiro atoms. The van der Waals surface area contributed by atoms with Crippen molar-refractivity contribution in [3.63, 3.8) is 0 Å². The van der Waals surface area contributed by atoms with Crippen LogP contribution in [-0.2, 0) is 18.5 Å². The van der Waals surface area contributed by atoms with Gasteiger partial charge in [0.2, 0.25) is 0 Å². The number of carbonyl (C=O) groups excluding carboxylic acids is 1. The van der Waals surface area contributed by atoms with Gasteiger partial charge in [-0.05, 0) is 105 Å². The number of carbonyl (C=O) groups is 1. The van der Waals surface area contributed by atoms with E-state index in [4.69, 9.17) is 6.42 Å². The second-order valence-electron chi connectivity index (χ2n) is 12.4. The molecule has 1 saturated carbocycles. The summed E-state index contributed by atoms with van der Waals surface area (Å²) >= 11 is 0. The van der Waals surface area contributed by atoms with Gasteiger partial charge in [-0.1, -0.05) is 43.5 Å². The summed E-state index contributed by atoms with van der Waals surface area (Å²) in [6.45, 7) is 8.17. The number of terminal acetylenes is 1. The summed E-state index contributed by atoms with van der Waals surface area (Å²) in [5.41, 5.74) is 4.33. The highest BCUT2D eigenvalue weighted by Gasteiger charge is 2.44. The van der Waals surface area contributed by atoms with Gasteiger partial charge in [-0.15, -0.1) is 6.42 Å². The van der Waals surface area contributed by atoms with Gasteiger partial charge in [0, 0.05) is 35.8 Å². The van der Waals surface area contributed by atoms with Crippen LogP contribution in [0.25, 0.3) is 0 Å². The molecule has 0 radical (unpaired) electrons. The van der Waals surface area contributed by atoms with Crippen LogP contribution in [0, 0.1) is 36.8 Å². The summed E-state index contributed by atoms with van der Waals surface area (Å²) in [6.07, 6.45) is 7.47. The normalized spacial score (nSPS) is 15.3. The lowest BCUT2D eigenvalue weighted by Crippen LogP contribution is -2.50. The van der Waals surface area contributed by atoms with Crippen molar-refractivity contribution >= 4 is 5.91 Å². The molecule has 3 N–H and O–H groups in total. The third-order valence-electron chi connectivity index (χ3n) is 8.08. The van der Waals surface area contributed by atoms with Gasteiger partial charge in [0.25, 0.3) is 5.91 Å². The molecule has 1 aliphatic rings. The third kappa shape index (κ3) is 9.21. The Morgan fingerprint density at radius 2 is 1.79 bits per heavy atom. The maximum atomic E-state index is 14.0. The molecule has 43 heavy (non-hydrogen) atoms. The second kappa shape index (κ2) is 14.3. The molecule has 0 saturated heterocycles. The van der Waals surface area contributed by atoms with Gasteiger partial charge >= 0.3 is 0 Å². The van der Waals surface area contributed by atoms with Crippen LogP contribution >= 0.6 is 0 Å². The Hall–Kier alpha value is -3.57. The van der Waals surface area contributed by atoms with E-state index >= 15 is 0 Å². The van der Waals surface area contributed by atoms with Crippen LogP contribution in [0.4, 0.5) is 8.78 Å². The van der Waals surface area contributed by atoms with E-state index in [9.17, 15) is 18.7 Å². The summed E-state index contributed by atoms with van der Waals surface area (Å²) in [5, 5.41) is 17.8. The van der Waals surface area contributed by atoms with Gasteiger partial charge in [-0.3, -0.25) is 4.79 Å². The molecule has 228 valence electrons. The number of aryl methyl sites for hydroxylation is 1. The number of nitrogens with zero attached hydrogens (tertiary/aromatic N) is 1. The van der Waals surface area contributed by atoms with Crippen molar-refractivity contribution in [3.8, 4) is 12.3 Å². The minimum absolute atomic E-state index is 0.0550. The quantitative estimate of drug-likeness (QED) is 0.211. The Bertz CT molecular complexity index is 1440. The van der Waals surface area contributed by atoms with Crippen molar-refractivity contribution in [3.05, 3.63) is 106 Å². The Labute approximate surface area is 254 Å². The van der Waals surface area contributed by atoms with Crippen molar-refractivity contribution < 1.29 is 18.7 Å². The van der Waals surface area contributed by atoms with Crippen molar-refractivity contribution in [1.29, 1.82) is 0 Å². The molecule has 2 unspecified atom stereocenters. The highest BCUT2D eigenvalue weighted by molar-refractivity contribution is 5.94. The fourth-order valence-electron chi connectivity index (χ4n) is 5.51. The molecule has 0 bridgehead atoms. The smallest absolute Gasteiger partial charge is 0.251 e. The Morgan fingerprint density at radius 1 is 1.07 bits per heavy atom. The van der Waals surface area contributed by atoms with Crippen LogP contribution in [0.2, 0.25) is 0 Å². The summed E-state index contributed by atoms with van der Waals surface area (Å²) in [6, 6.07) is 16.0. The van der Waals surface area contributed by atoms with Crippen LogP contribution in [0.5, 0.6) is 0 Å². The van der Waals surface area contributed by atoms with Gasteiger partial charge in [0.05, 0.1) is 12.1 Å². The average Bonchev–Trinajstić information content (AvgIpc) is 3.75. The van der Waals surface area contributed by atoms with Gasteiger partial charge in [-0.2, -0.15) is 0 Å². The molecule has 1 fully saturated rings.